The molecule has 0 nitrogen and oxygen atoms in total. The Morgan fingerprint density at radius 2 is 1.82 bits per heavy atom. The first-order valence-corrected chi connectivity index (χ1v) is 9.79. The van der Waals surface area contributed by atoms with Gasteiger partial charge in [-0.25, -0.2) is 0 Å². The van der Waals surface area contributed by atoms with E-state index in [1.165, 1.54) is 38.5 Å². The first kappa shape index (κ1) is 16.2. The Hall–Kier alpha value is -0.700. The van der Waals surface area contributed by atoms with E-state index in [9.17, 15) is 0 Å². The van der Waals surface area contributed by atoms with Gasteiger partial charge in [-0.3, -0.25) is 0 Å². The molecule has 2 fully saturated rings. The standard InChI is InChI=1S/C22H34/c1-5-15(2)10-12-18-8-6-7-9-19-17(4)20(19)13-11-16(3)21-14-22(18)21/h8-9,15-22H,5,10-14H2,1-4H3. The van der Waals surface area contributed by atoms with Crippen molar-refractivity contribution in [2.45, 2.75) is 66.2 Å². The lowest BCUT2D eigenvalue weighted by atomic mass is 9.88. The average Bonchev–Trinajstić information content (AvgIpc) is 3.40. The van der Waals surface area contributed by atoms with E-state index in [4.69, 9.17) is 0 Å². The van der Waals surface area contributed by atoms with Crippen molar-refractivity contribution in [1.82, 2.24) is 0 Å². The SMILES string of the molecule is CCC(C)CCC1C=C=C=CC2C(C)C2CCC(C)C2CC12. The highest BCUT2D eigenvalue weighted by atomic mass is 14.5. The molecule has 122 valence electrons. The van der Waals surface area contributed by atoms with Crippen LogP contribution < -0.4 is 0 Å². The van der Waals surface area contributed by atoms with Gasteiger partial charge in [-0.1, -0.05) is 58.4 Å². The highest BCUT2D eigenvalue weighted by molar-refractivity contribution is 5.09. The summed E-state index contributed by atoms with van der Waals surface area (Å²) in [7, 11) is 0. The van der Waals surface area contributed by atoms with Crippen molar-refractivity contribution >= 4 is 0 Å². The largest absolute Gasteiger partial charge is 0.0747 e. The average molecular weight is 299 g/mol. The predicted octanol–water partition coefficient (Wildman–Crippen LogP) is 6.24. The van der Waals surface area contributed by atoms with Gasteiger partial charge >= 0.3 is 0 Å². The Balaban J connectivity index is 1.70. The fraction of sp³-hybridized carbons (Fsp3) is 0.818. The number of hydrogen-bond acceptors (Lipinski definition) is 0. The molecule has 0 aromatic heterocycles. The molecular weight excluding hydrogens is 264 g/mol. The minimum atomic E-state index is 0.759. The van der Waals surface area contributed by atoms with E-state index in [-0.39, 0.29) is 0 Å². The highest BCUT2D eigenvalue weighted by Gasteiger charge is 2.47. The van der Waals surface area contributed by atoms with E-state index in [0.717, 1.165) is 47.3 Å². The second-order valence-electron chi connectivity index (χ2n) is 8.60. The Morgan fingerprint density at radius 1 is 1.05 bits per heavy atom. The first-order valence-electron chi connectivity index (χ1n) is 9.79. The van der Waals surface area contributed by atoms with Gasteiger partial charge in [-0.05, 0) is 78.8 Å². The lowest BCUT2D eigenvalue weighted by molar-refractivity contribution is 0.360. The summed E-state index contributed by atoms with van der Waals surface area (Å²) in [6.45, 7) is 9.64. The van der Waals surface area contributed by atoms with Crippen LogP contribution >= 0.6 is 0 Å². The third-order valence-electron chi connectivity index (χ3n) is 7.11. The Labute approximate surface area is 137 Å². The van der Waals surface area contributed by atoms with E-state index >= 15 is 0 Å². The number of hydrogen-bond donors (Lipinski definition) is 0. The van der Waals surface area contributed by atoms with Crippen molar-refractivity contribution in [2.75, 3.05) is 0 Å². The summed E-state index contributed by atoms with van der Waals surface area (Å²) in [5, 5.41) is 0. The van der Waals surface area contributed by atoms with E-state index in [1.54, 1.807) is 0 Å². The zero-order valence-electron chi connectivity index (χ0n) is 15.0. The molecule has 0 heteroatoms. The van der Waals surface area contributed by atoms with Crippen LogP contribution in [0.15, 0.2) is 23.6 Å². The molecule has 8 unspecified atom stereocenters. The van der Waals surface area contributed by atoms with Gasteiger partial charge in [0.15, 0.2) is 0 Å². The van der Waals surface area contributed by atoms with Crippen LogP contribution in [0.2, 0.25) is 0 Å². The summed E-state index contributed by atoms with van der Waals surface area (Å²) >= 11 is 0. The molecule has 0 amide bonds. The maximum atomic E-state index is 3.41. The maximum Gasteiger partial charge on any atom is -0.00913 e. The fourth-order valence-corrected chi connectivity index (χ4v) is 4.76. The fourth-order valence-electron chi connectivity index (χ4n) is 4.76. The molecule has 0 aliphatic heterocycles. The number of allylic oxidation sites excluding steroid dienone is 2. The topological polar surface area (TPSA) is 0 Å². The molecule has 0 saturated heterocycles. The smallest absolute Gasteiger partial charge is 0.00913 e. The summed E-state index contributed by atoms with van der Waals surface area (Å²) in [6, 6.07) is 0. The van der Waals surface area contributed by atoms with Gasteiger partial charge in [0.1, 0.15) is 0 Å². The van der Waals surface area contributed by atoms with Crippen LogP contribution in [0, 0.1) is 47.3 Å². The van der Waals surface area contributed by atoms with Gasteiger partial charge < -0.3 is 0 Å². The molecule has 0 N–H and O–H groups in total. The van der Waals surface area contributed by atoms with Crippen LogP contribution in [-0.2, 0) is 0 Å². The number of rotatable bonds is 4. The summed E-state index contributed by atoms with van der Waals surface area (Å²) in [5.74, 6) is 7.13. The summed E-state index contributed by atoms with van der Waals surface area (Å²) in [4.78, 5) is 0. The maximum absolute atomic E-state index is 3.41. The first-order chi connectivity index (χ1) is 10.6. The zero-order valence-corrected chi connectivity index (χ0v) is 15.0. The monoisotopic (exact) mass is 298 g/mol. The Bertz CT molecular complexity index is 474. The second kappa shape index (κ2) is 6.82. The van der Waals surface area contributed by atoms with Gasteiger partial charge in [0, 0.05) is 0 Å². The molecule has 3 aliphatic carbocycles. The van der Waals surface area contributed by atoms with E-state index < -0.39 is 0 Å². The van der Waals surface area contributed by atoms with Crippen molar-refractivity contribution in [3.05, 3.63) is 23.6 Å². The zero-order chi connectivity index (χ0) is 15.7. The van der Waals surface area contributed by atoms with Crippen molar-refractivity contribution in [1.29, 1.82) is 0 Å². The summed E-state index contributed by atoms with van der Waals surface area (Å²) < 4.78 is 0. The molecule has 8 atom stereocenters. The molecule has 0 radical (unpaired) electrons. The van der Waals surface area contributed by atoms with Crippen molar-refractivity contribution in [3.8, 4) is 0 Å². The number of fused-ring (bicyclic) bond motifs is 2. The van der Waals surface area contributed by atoms with Crippen LogP contribution in [-0.4, -0.2) is 0 Å². The van der Waals surface area contributed by atoms with Gasteiger partial charge in [-0.2, -0.15) is 0 Å². The molecule has 0 bridgehead atoms. The van der Waals surface area contributed by atoms with Crippen LogP contribution in [0.4, 0.5) is 0 Å². The van der Waals surface area contributed by atoms with E-state index in [2.05, 4.69) is 51.3 Å². The van der Waals surface area contributed by atoms with Crippen molar-refractivity contribution < 1.29 is 0 Å². The van der Waals surface area contributed by atoms with E-state index in [0.29, 0.717) is 0 Å². The molecule has 3 aliphatic rings. The molecule has 0 heterocycles. The lowest BCUT2D eigenvalue weighted by Crippen LogP contribution is -2.08. The molecule has 2 saturated carbocycles. The molecule has 0 spiro atoms. The Kier molecular flexibility index (Phi) is 5.01. The predicted molar refractivity (Wildman–Crippen MR) is 94.5 cm³/mol. The van der Waals surface area contributed by atoms with Crippen LogP contribution in [0.1, 0.15) is 66.2 Å². The van der Waals surface area contributed by atoms with Gasteiger partial charge in [-0.15, -0.1) is 0 Å². The normalized spacial score (nSPS) is 44.5. The Morgan fingerprint density at radius 3 is 2.59 bits per heavy atom. The molecule has 0 aromatic carbocycles. The third-order valence-corrected chi connectivity index (χ3v) is 7.11. The van der Waals surface area contributed by atoms with Gasteiger partial charge in [0.25, 0.3) is 0 Å². The highest BCUT2D eigenvalue weighted by Crippen LogP contribution is 2.55. The van der Waals surface area contributed by atoms with Crippen molar-refractivity contribution in [2.24, 2.45) is 47.3 Å². The second-order valence-corrected chi connectivity index (χ2v) is 8.60. The van der Waals surface area contributed by atoms with Gasteiger partial charge in [0.2, 0.25) is 0 Å². The summed E-state index contributed by atoms with van der Waals surface area (Å²) in [5.41, 5.74) is 6.79. The van der Waals surface area contributed by atoms with Crippen LogP contribution in [0.5, 0.6) is 0 Å². The van der Waals surface area contributed by atoms with E-state index in [1.807, 2.05) is 0 Å². The molecule has 0 aromatic rings. The molecule has 22 heavy (non-hydrogen) atoms. The minimum absolute atomic E-state index is 0.759. The van der Waals surface area contributed by atoms with Crippen molar-refractivity contribution in [3.63, 3.8) is 0 Å². The summed E-state index contributed by atoms with van der Waals surface area (Å²) in [6.07, 6.45) is 13.1. The molecule has 3 rings (SSSR count). The van der Waals surface area contributed by atoms with Crippen LogP contribution in [0.25, 0.3) is 0 Å². The lowest BCUT2D eigenvalue weighted by Gasteiger charge is -2.17. The van der Waals surface area contributed by atoms with Gasteiger partial charge in [0.05, 0.1) is 0 Å². The molecular formula is C22H34. The third kappa shape index (κ3) is 3.61. The van der Waals surface area contributed by atoms with Crippen LogP contribution in [0.3, 0.4) is 0 Å². The quantitative estimate of drug-likeness (QED) is 0.539. The minimum Gasteiger partial charge on any atom is -0.0747 e.